The second-order valence-electron chi connectivity index (χ2n) is 4.76. The van der Waals surface area contributed by atoms with Gasteiger partial charge in [0, 0.05) is 55.4 Å². The molecule has 1 aromatic heterocycles. The van der Waals surface area contributed by atoms with Crippen molar-refractivity contribution in [1.29, 1.82) is 0 Å². The zero-order valence-electron chi connectivity index (χ0n) is 10.7. The number of benzene rings is 1. The van der Waals surface area contributed by atoms with Gasteiger partial charge in [-0.3, -0.25) is 4.90 Å². The van der Waals surface area contributed by atoms with Crippen LogP contribution in [0, 0.1) is 0 Å². The van der Waals surface area contributed by atoms with Gasteiger partial charge in [0.1, 0.15) is 5.75 Å². The van der Waals surface area contributed by atoms with E-state index in [2.05, 4.69) is 33.4 Å². The van der Waals surface area contributed by atoms with Crippen molar-refractivity contribution in [2.45, 2.75) is 6.54 Å². The monoisotopic (exact) mass is 245 g/mol. The van der Waals surface area contributed by atoms with E-state index in [1.807, 2.05) is 6.20 Å². The lowest BCUT2D eigenvalue weighted by Crippen LogP contribution is -2.42. The van der Waals surface area contributed by atoms with Gasteiger partial charge in [-0.15, -0.1) is 0 Å². The molecular formula is C14H19N3O. The third kappa shape index (κ3) is 2.21. The van der Waals surface area contributed by atoms with Crippen molar-refractivity contribution in [3.63, 3.8) is 0 Å². The van der Waals surface area contributed by atoms with E-state index in [0.29, 0.717) is 0 Å². The Morgan fingerprint density at radius 2 is 2.11 bits per heavy atom. The van der Waals surface area contributed by atoms with Crippen LogP contribution in [0.3, 0.4) is 0 Å². The quantitative estimate of drug-likeness (QED) is 0.862. The van der Waals surface area contributed by atoms with Crippen molar-refractivity contribution in [1.82, 2.24) is 15.2 Å². The highest BCUT2D eigenvalue weighted by Crippen LogP contribution is 2.26. The second-order valence-corrected chi connectivity index (χ2v) is 4.76. The summed E-state index contributed by atoms with van der Waals surface area (Å²) < 4.78 is 5.51. The number of fused-ring (bicyclic) bond motifs is 1. The first-order valence-corrected chi connectivity index (χ1v) is 6.44. The third-order valence-electron chi connectivity index (χ3n) is 3.56. The van der Waals surface area contributed by atoms with Crippen molar-refractivity contribution >= 4 is 10.9 Å². The van der Waals surface area contributed by atoms with Gasteiger partial charge >= 0.3 is 0 Å². The van der Waals surface area contributed by atoms with Crippen molar-refractivity contribution in [2.24, 2.45) is 0 Å². The van der Waals surface area contributed by atoms with Gasteiger partial charge in [0.2, 0.25) is 0 Å². The zero-order chi connectivity index (χ0) is 12.4. The number of aromatic amines is 1. The van der Waals surface area contributed by atoms with Gasteiger partial charge in [0.15, 0.2) is 0 Å². The van der Waals surface area contributed by atoms with Gasteiger partial charge in [-0.25, -0.2) is 0 Å². The minimum atomic E-state index is 0.958. The highest BCUT2D eigenvalue weighted by Gasteiger charge is 2.13. The lowest BCUT2D eigenvalue weighted by molar-refractivity contribution is 0.230. The molecule has 4 heteroatoms. The van der Waals surface area contributed by atoms with E-state index in [1.54, 1.807) is 7.11 Å². The molecule has 0 aliphatic carbocycles. The van der Waals surface area contributed by atoms with E-state index >= 15 is 0 Å². The van der Waals surface area contributed by atoms with Crippen molar-refractivity contribution in [2.75, 3.05) is 33.3 Å². The normalized spacial score (nSPS) is 17.2. The number of piperazine rings is 1. The Labute approximate surface area is 107 Å². The largest absolute Gasteiger partial charge is 0.496 e. The molecule has 0 atom stereocenters. The number of hydrogen-bond acceptors (Lipinski definition) is 3. The van der Waals surface area contributed by atoms with Crippen LogP contribution in [0.2, 0.25) is 0 Å². The Kier molecular flexibility index (Phi) is 3.21. The van der Waals surface area contributed by atoms with Gasteiger partial charge < -0.3 is 15.0 Å². The summed E-state index contributed by atoms with van der Waals surface area (Å²) in [6.45, 7) is 5.32. The summed E-state index contributed by atoms with van der Waals surface area (Å²) >= 11 is 0. The maximum atomic E-state index is 5.51. The van der Waals surface area contributed by atoms with E-state index in [0.717, 1.165) is 38.5 Å². The minimum Gasteiger partial charge on any atom is -0.496 e. The molecule has 18 heavy (non-hydrogen) atoms. The molecule has 1 saturated heterocycles. The molecule has 0 bridgehead atoms. The van der Waals surface area contributed by atoms with E-state index in [1.165, 1.54) is 16.5 Å². The van der Waals surface area contributed by atoms with Gasteiger partial charge in [-0.05, 0) is 18.2 Å². The predicted molar refractivity (Wildman–Crippen MR) is 73.0 cm³/mol. The number of aromatic nitrogens is 1. The van der Waals surface area contributed by atoms with Gasteiger partial charge in [0.25, 0.3) is 0 Å². The topological polar surface area (TPSA) is 40.3 Å². The summed E-state index contributed by atoms with van der Waals surface area (Å²) in [7, 11) is 1.75. The molecule has 0 saturated carbocycles. The maximum absolute atomic E-state index is 5.51. The average Bonchev–Trinajstić information content (AvgIpc) is 2.86. The summed E-state index contributed by atoms with van der Waals surface area (Å²) in [4.78, 5) is 5.72. The Hall–Kier alpha value is -1.52. The summed E-state index contributed by atoms with van der Waals surface area (Å²) in [5.74, 6) is 0.987. The number of nitrogens with one attached hydrogen (secondary N) is 2. The second kappa shape index (κ2) is 5.00. The van der Waals surface area contributed by atoms with Crippen LogP contribution in [-0.4, -0.2) is 43.2 Å². The lowest BCUT2D eigenvalue weighted by Gasteiger charge is -2.27. The molecule has 96 valence electrons. The molecule has 1 aliphatic heterocycles. The molecule has 0 amide bonds. The van der Waals surface area contributed by atoms with Crippen LogP contribution in [0.4, 0.5) is 0 Å². The van der Waals surface area contributed by atoms with Crippen LogP contribution in [-0.2, 0) is 6.54 Å². The number of rotatable bonds is 3. The summed E-state index contributed by atoms with van der Waals surface area (Å²) in [6, 6.07) is 6.39. The van der Waals surface area contributed by atoms with Crippen LogP contribution >= 0.6 is 0 Å². The zero-order valence-corrected chi connectivity index (χ0v) is 10.7. The Bertz CT molecular complexity index is 529. The van der Waals surface area contributed by atoms with E-state index in [9.17, 15) is 0 Å². The van der Waals surface area contributed by atoms with Crippen LogP contribution in [0.25, 0.3) is 10.9 Å². The van der Waals surface area contributed by atoms with E-state index in [4.69, 9.17) is 4.74 Å². The first-order valence-electron chi connectivity index (χ1n) is 6.44. The molecule has 3 rings (SSSR count). The number of hydrogen-bond donors (Lipinski definition) is 2. The predicted octanol–water partition coefficient (Wildman–Crippen LogP) is 1.58. The minimum absolute atomic E-state index is 0.958. The Morgan fingerprint density at radius 1 is 1.28 bits per heavy atom. The van der Waals surface area contributed by atoms with Crippen LogP contribution < -0.4 is 10.1 Å². The standard InChI is InChI=1S/C14H19N3O/c1-18-14-9-11-2-3-16-13(11)8-12(14)10-17-6-4-15-5-7-17/h2-3,8-9,15-16H,4-7,10H2,1H3. The molecule has 0 radical (unpaired) electrons. The molecule has 2 heterocycles. The summed E-state index contributed by atoms with van der Waals surface area (Å²) in [5, 5.41) is 4.58. The fraction of sp³-hybridized carbons (Fsp3) is 0.429. The SMILES string of the molecule is COc1cc2cc[nH]c2cc1CN1CCNCC1. The average molecular weight is 245 g/mol. The van der Waals surface area contributed by atoms with E-state index in [-0.39, 0.29) is 0 Å². The molecule has 4 nitrogen and oxygen atoms in total. The van der Waals surface area contributed by atoms with Gasteiger partial charge in [-0.1, -0.05) is 0 Å². The van der Waals surface area contributed by atoms with Crippen LogP contribution in [0.1, 0.15) is 5.56 Å². The molecule has 1 aliphatic rings. The molecule has 0 spiro atoms. The molecule has 0 unspecified atom stereocenters. The molecule has 1 aromatic carbocycles. The molecule has 2 N–H and O–H groups in total. The lowest BCUT2D eigenvalue weighted by atomic mass is 10.1. The van der Waals surface area contributed by atoms with Crippen LogP contribution in [0.15, 0.2) is 24.4 Å². The molecule has 1 fully saturated rings. The number of ether oxygens (including phenoxy) is 1. The van der Waals surface area contributed by atoms with Crippen molar-refractivity contribution < 1.29 is 4.74 Å². The number of nitrogens with zero attached hydrogens (tertiary/aromatic N) is 1. The fourth-order valence-electron chi connectivity index (χ4n) is 2.55. The summed E-state index contributed by atoms with van der Waals surface area (Å²) in [5.41, 5.74) is 2.44. The Morgan fingerprint density at radius 3 is 2.89 bits per heavy atom. The Balaban J connectivity index is 1.88. The third-order valence-corrected chi connectivity index (χ3v) is 3.56. The van der Waals surface area contributed by atoms with Gasteiger partial charge in [-0.2, -0.15) is 0 Å². The number of H-pyrrole nitrogens is 1. The van der Waals surface area contributed by atoms with Crippen LogP contribution in [0.5, 0.6) is 5.75 Å². The maximum Gasteiger partial charge on any atom is 0.124 e. The first-order chi connectivity index (χ1) is 8.86. The number of methoxy groups -OCH3 is 1. The highest BCUT2D eigenvalue weighted by atomic mass is 16.5. The fourth-order valence-corrected chi connectivity index (χ4v) is 2.55. The van der Waals surface area contributed by atoms with E-state index < -0.39 is 0 Å². The first kappa shape index (κ1) is 11.6. The van der Waals surface area contributed by atoms with Crippen molar-refractivity contribution in [3.05, 3.63) is 30.0 Å². The molecule has 2 aromatic rings. The molecular weight excluding hydrogens is 226 g/mol. The van der Waals surface area contributed by atoms with Crippen molar-refractivity contribution in [3.8, 4) is 5.75 Å². The smallest absolute Gasteiger partial charge is 0.124 e. The van der Waals surface area contributed by atoms with Gasteiger partial charge in [0.05, 0.1) is 7.11 Å². The summed E-state index contributed by atoms with van der Waals surface area (Å²) in [6.07, 6.45) is 1.97. The highest BCUT2D eigenvalue weighted by molar-refractivity contribution is 5.82.